The number of hydrogen-bond donors (Lipinski definition) is 2. The Morgan fingerprint density at radius 1 is 1.17 bits per heavy atom. The molecule has 0 fully saturated rings. The number of nitrogens with one attached hydrogen (secondary N) is 1. The number of H-pyrrole nitrogens is 1. The standard InChI is InChI=1S/C18H15ClN2O3/c1-10-8-9-12-13(15(10)19)16(22)14(17(23)20-12)18(24)21(2)11-6-4-3-5-7-11/h3-9H,1-2H3,(H2,20,22,23). The average molecular weight is 343 g/mol. The Kier molecular flexibility index (Phi) is 4.03. The van der Waals surface area contributed by atoms with Gasteiger partial charge < -0.3 is 15.0 Å². The van der Waals surface area contributed by atoms with Crippen LogP contribution >= 0.6 is 11.6 Å². The quantitative estimate of drug-likeness (QED) is 0.749. The first-order chi connectivity index (χ1) is 11.4. The summed E-state index contributed by atoms with van der Waals surface area (Å²) in [5.41, 5.74) is 0.735. The second kappa shape index (κ2) is 6.02. The lowest BCUT2D eigenvalue weighted by atomic mass is 10.1. The predicted octanol–water partition coefficient (Wildman–Crippen LogP) is 3.47. The molecule has 24 heavy (non-hydrogen) atoms. The number of aryl methyl sites for hydroxylation is 1. The van der Waals surface area contributed by atoms with Crippen LogP contribution in [-0.2, 0) is 0 Å². The number of pyridine rings is 1. The number of para-hydroxylation sites is 1. The van der Waals surface area contributed by atoms with E-state index in [2.05, 4.69) is 4.98 Å². The van der Waals surface area contributed by atoms with Crippen LogP contribution in [0.2, 0.25) is 5.02 Å². The number of aromatic hydroxyl groups is 1. The fourth-order valence-corrected chi connectivity index (χ4v) is 2.82. The van der Waals surface area contributed by atoms with Crippen LogP contribution in [0.5, 0.6) is 5.75 Å². The topological polar surface area (TPSA) is 73.4 Å². The van der Waals surface area contributed by atoms with Crippen molar-refractivity contribution < 1.29 is 9.90 Å². The molecule has 0 aliphatic rings. The van der Waals surface area contributed by atoms with Crippen molar-refractivity contribution >= 4 is 34.1 Å². The highest BCUT2D eigenvalue weighted by atomic mass is 35.5. The van der Waals surface area contributed by atoms with Crippen LogP contribution in [-0.4, -0.2) is 23.0 Å². The van der Waals surface area contributed by atoms with Crippen molar-refractivity contribution in [3.8, 4) is 5.75 Å². The fraction of sp³-hybridized carbons (Fsp3) is 0.111. The Balaban J connectivity index is 2.21. The smallest absolute Gasteiger partial charge is 0.267 e. The molecule has 1 amide bonds. The highest BCUT2D eigenvalue weighted by molar-refractivity contribution is 6.37. The Bertz CT molecular complexity index is 997. The van der Waals surface area contributed by atoms with Crippen LogP contribution in [0.15, 0.2) is 47.3 Å². The largest absolute Gasteiger partial charge is 0.506 e. The van der Waals surface area contributed by atoms with E-state index in [1.54, 1.807) is 50.4 Å². The van der Waals surface area contributed by atoms with Crippen LogP contribution in [0, 0.1) is 6.92 Å². The van der Waals surface area contributed by atoms with Crippen molar-refractivity contribution in [3.05, 3.63) is 69.0 Å². The number of carbonyl (C=O) groups is 1. The van der Waals surface area contributed by atoms with Gasteiger partial charge in [0.2, 0.25) is 0 Å². The molecule has 0 aliphatic carbocycles. The number of amides is 1. The minimum absolute atomic E-state index is 0.265. The van der Waals surface area contributed by atoms with Gasteiger partial charge in [-0.1, -0.05) is 35.9 Å². The second-order valence-corrected chi connectivity index (χ2v) is 5.87. The molecule has 5 nitrogen and oxygen atoms in total. The molecule has 3 aromatic rings. The maximum absolute atomic E-state index is 12.7. The summed E-state index contributed by atoms with van der Waals surface area (Å²) in [5.74, 6) is -1.02. The SMILES string of the molecule is Cc1ccc2[nH]c(=O)c(C(=O)N(C)c3ccccc3)c(O)c2c1Cl. The predicted molar refractivity (Wildman–Crippen MR) is 95.2 cm³/mol. The third-order valence-corrected chi connectivity index (χ3v) is 4.43. The Labute approximate surface area is 143 Å². The van der Waals surface area contributed by atoms with E-state index in [1.165, 1.54) is 4.90 Å². The lowest BCUT2D eigenvalue weighted by Gasteiger charge is -2.18. The summed E-state index contributed by atoms with van der Waals surface area (Å²) in [6.07, 6.45) is 0. The molecule has 0 saturated carbocycles. The highest BCUT2D eigenvalue weighted by Gasteiger charge is 2.24. The van der Waals surface area contributed by atoms with Gasteiger partial charge in [0.15, 0.2) is 0 Å². The van der Waals surface area contributed by atoms with E-state index in [1.807, 2.05) is 6.07 Å². The van der Waals surface area contributed by atoms with E-state index in [-0.39, 0.29) is 10.9 Å². The van der Waals surface area contributed by atoms with E-state index in [9.17, 15) is 14.7 Å². The number of hydrogen-bond acceptors (Lipinski definition) is 3. The number of aromatic amines is 1. The minimum Gasteiger partial charge on any atom is -0.506 e. The summed E-state index contributed by atoms with van der Waals surface area (Å²) >= 11 is 6.25. The number of benzene rings is 2. The van der Waals surface area contributed by atoms with Gasteiger partial charge in [-0.05, 0) is 30.7 Å². The second-order valence-electron chi connectivity index (χ2n) is 5.50. The summed E-state index contributed by atoms with van der Waals surface area (Å²) in [4.78, 5) is 29.0. The maximum Gasteiger partial charge on any atom is 0.267 e. The van der Waals surface area contributed by atoms with Crippen LogP contribution in [0.4, 0.5) is 5.69 Å². The van der Waals surface area contributed by atoms with Gasteiger partial charge in [-0.25, -0.2) is 0 Å². The molecular formula is C18H15ClN2O3. The van der Waals surface area contributed by atoms with Crippen molar-refractivity contribution in [2.75, 3.05) is 11.9 Å². The first-order valence-corrected chi connectivity index (χ1v) is 7.66. The molecule has 3 rings (SSSR count). The van der Waals surface area contributed by atoms with Crippen LogP contribution < -0.4 is 10.5 Å². The maximum atomic E-state index is 12.7. The fourth-order valence-electron chi connectivity index (χ4n) is 2.57. The zero-order valence-corrected chi connectivity index (χ0v) is 13.9. The van der Waals surface area contributed by atoms with Crippen molar-refractivity contribution in [2.45, 2.75) is 6.92 Å². The molecule has 0 aliphatic heterocycles. The van der Waals surface area contributed by atoms with Gasteiger partial charge in [-0.2, -0.15) is 0 Å². The lowest BCUT2D eigenvalue weighted by molar-refractivity contribution is 0.0989. The molecular weight excluding hydrogens is 328 g/mol. The summed E-state index contributed by atoms with van der Waals surface area (Å²) in [5, 5.41) is 11.1. The summed E-state index contributed by atoms with van der Waals surface area (Å²) in [6, 6.07) is 12.2. The highest BCUT2D eigenvalue weighted by Crippen LogP contribution is 2.34. The van der Waals surface area contributed by atoms with E-state index in [0.29, 0.717) is 16.2 Å². The van der Waals surface area contributed by atoms with Gasteiger partial charge in [-0.3, -0.25) is 9.59 Å². The zero-order valence-electron chi connectivity index (χ0n) is 13.1. The third kappa shape index (κ3) is 2.53. The molecule has 6 heteroatoms. The lowest BCUT2D eigenvalue weighted by Crippen LogP contribution is -2.31. The molecule has 1 heterocycles. The molecule has 0 saturated heterocycles. The normalized spacial score (nSPS) is 10.8. The van der Waals surface area contributed by atoms with Gasteiger partial charge in [-0.15, -0.1) is 0 Å². The molecule has 0 radical (unpaired) electrons. The number of carbonyl (C=O) groups excluding carboxylic acids is 1. The van der Waals surface area contributed by atoms with Gasteiger partial charge in [0.25, 0.3) is 11.5 Å². The van der Waals surface area contributed by atoms with Gasteiger partial charge in [0.05, 0.1) is 15.9 Å². The first kappa shape index (κ1) is 16.1. The van der Waals surface area contributed by atoms with Gasteiger partial charge in [0.1, 0.15) is 11.3 Å². The zero-order chi connectivity index (χ0) is 17.4. The van der Waals surface area contributed by atoms with Crippen molar-refractivity contribution in [1.29, 1.82) is 0 Å². The molecule has 122 valence electrons. The number of halogens is 1. The number of aromatic nitrogens is 1. The Hall–Kier alpha value is -2.79. The Morgan fingerprint density at radius 3 is 2.50 bits per heavy atom. The van der Waals surface area contributed by atoms with Crippen LogP contribution in [0.1, 0.15) is 15.9 Å². The molecule has 0 bridgehead atoms. The molecule has 2 aromatic carbocycles. The van der Waals surface area contributed by atoms with E-state index < -0.39 is 17.2 Å². The molecule has 0 unspecified atom stereocenters. The van der Waals surface area contributed by atoms with Gasteiger partial charge in [0, 0.05) is 12.7 Å². The van der Waals surface area contributed by atoms with Crippen molar-refractivity contribution in [1.82, 2.24) is 4.98 Å². The van der Waals surface area contributed by atoms with Crippen LogP contribution in [0.25, 0.3) is 10.9 Å². The summed E-state index contributed by atoms with van der Waals surface area (Å²) < 4.78 is 0. The van der Waals surface area contributed by atoms with E-state index in [0.717, 1.165) is 5.56 Å². The monoisotopic (exact) mass is 342 g/mol. The number of nitrogens with zero attached hydrogens (tertiary/aromatic N) is 1. The average Bonchev–Trinajstić information content (AvgIpc) is 2.58. The number of fused-ring (bicyclic) bond motifs is 1. The van der Waals surface area contributed by atoms with Gasteiger partial charge >= 0.3 is 0 Å². The number of rotatable bonds is 2. The first-order valence-electron chi connectivity index (χ1n) is 7.29. The third-order valence-electron chi connectivity index (χ3n) is 3.95. The number of anilines is 1. The minimum atomic E-state index is -0.660. The molecule has 0 atom stereocenters. The Morgan fingerprint density at radius 2 is 1.83 bits per heavy atom. The molecule has 0 spiro atoms. The van der Waals surface area contributed by atoms with E-state index >= 15 is 0 Å². The summed E-state index contributed by atoms with van der Waals surface area (Å²) in [6.45, 7) is 1.78. The molecule has 1 aromatic heterocycles. The van der Waals surface area contributed by atoms with Crippen LogP contribution in [0.3, 0.4) is 0 Å². The molecule has 2 N–H and O–H groups in total. The summed E-state index contributed by atoms with van der Waals surface area (Å²) in [7, 11) is 1.54. The van der Waals surface area contributed by atoms with E-state index in [4.69, 9.17) is 11.6 Å². The van der Waals surface area contributed by atoms with Crippen molar-refractivity contribution in [2.24, 2.45) is 0 Å². The van der Waals surface area contributed by atoms with Crippen molar-refractivity contribution in [3.63, 3.8) is 0 Å².